The van der Waals surface area contributed by atoms with Crippen LogP contribution < -0.4 is 5.73 Å². The van der Waals surface area contributed by atoms with Crippen molar-refractivity contribution in [2.24, 2.45) is 5.73 Å². The second-order valence-corrected chi connectivity index (χ2v) is 6.64. The zero-order chi connectivity index (χ0) is 16.2. The average molecular weight is 299 g/mol. The lowest BCUT2D eigenvalue weighted by molar-refractivity contribution is -0.134. The van der Waals surface area contributed by atoms with Crippen molar-refractivity contribution in [2.75, 3.05) is 19.6 Å². The highest BCUT2D eigenvalue weighted by Gasteiger charge is 2.32. The van der Waals surface area contributed by atoms with E-state index in [1.54, 1.807) is 16.7 Å². The molecule has 0 aromatic rings. The molecular formula is C15H29N3O3. The number of nitrogens with two attached hydrogens (primary N) is 1. The van der Waals surface area contributed by atoms with E-state index in [9.17, 15) is 9.59 Å². The molecule has 0 spiro atoms. The minimum absolute atomic E-state index is 0.00120. The molecule has 2 atom stereocenters. The van der Waals surface area contributed by atoms with Crippen molar-refractivity contribution in [1.29, 1.82) is 0 Å². The summed E-state index contributed by atoms with van der Waals surface area (Å²) in [7, 11) is 0. The summed E-state index contributed by atoms with van der Waals surface area (Å²) in [6.45, 7) is 11.0. The molecule has 2 amide bonds. The first-order chi connectivity index (χ1) is 9.65. The fourth-order valence-electron chi connectivity index (χ4n) is 2.55. The predicted molar refractivity (Wildman–Crippen MR) is 81.9 cm³/mol. The van der Waals surface area contributed by atoms with E-state index in [2.05, 4.69) is 0 Å². The molecule has 1 rings (SSSR count). The first kappa shape index (κ1) is 17.8. The van der Waals surface area contributed by atoms with Crippen molar-refractivity contribution in [3.63, 3.8) is 0 Å². The van der Waals surface area contributed by atoms with Crippen LogP contribution in [0.3, 0.4) is 0 Å². The van der Waals surface area contributed by atoms with E-state index >= 15 is 0 Å². The van der Waals surface area contributed by atoms with Crippen LogP contribution in [0.25, 0.3) is 0 Å². The molecule has 0 saturated carbocycles. The van der Waals surface area contributed by atoms with Crippen molar-refractivity contribution in [3.05, 3.63) is 0 Å². The third kappa shape index (κ3) is 5.19. The number of nitrogens with zero attached hydrogens (tertiary/aromatic N) is 2. The van der Waals surface area contributed by atoms with Gasteiger partial charge < -0.3 is 20.3 Å². The predicted octanol–water partition coefficient (Wildman–Crippen LogP) is 1.58. The minimum atomic E-state index is -0.513. The first-order valence-electron chi connectivity index (χ1n) is 7.69. The van der Waals surface area contributed by atoms with E-state index < -0.39 is 11.6 Å². The standard InChI is InChI=1S/C15H29N3O3/c1-6-18(14(20)21-15(3,4)5)12-8-7-9-17(10-12)13(19)11(2)16/h11-12H,6-10,16H2,1-5H3/t11-,12+/m0/s1. The Labute approximate surface area is 127 Å². The van der Waals surface area contributed by atoms with Gasteiger partial charge >= 0.3 is 6.09 Å². The number of likely N-dealkylation sites (N-methyl/N-ethyl adjacent to an activating group) is 1. The lowest BCUT2D eigenvalue weighted by Crippen LogP contribution is -2.54. The van der Waals surface area contributed by atoms with Gasteiger partial charge in [-0.2, -0.15) is 0 Å². The molecule has 6 heteroatoms. The van der Waals surface area contributed by atoms with E-state index in [1.807, 2.05) is 27.7 Å². The summed E-state index contributed by atoms with van der Waals surface area (Å²) in [4.78, 5) is 27.8. The molecule has 21 heavy (non-hydrogen) atoms. The molecule has 6 nitrogen and oxygen atoms in total. The van der Waals surface area contributed by atoms with Crippen LogP contribution in [0.5, 0.6) is 0 Å². The Morgan fingerprint density at radius 1 is 1.43 bits per heavy atom. The van der Waals surface area contributed by atoms with Gasteiger partial charge in [0.1, 0.15) is 5.60 Å². The van der Waals surface area contributed by atoms with Gasteiger partial charge in [0.15, 0.2) is 0 Å². The summed E-state index contributed by atoms with van der Waals surface area (Å²) < 4.78 is 5.45. The highest BCUT2D eigenvalue weighted by atomic mass is 16.6. The van der Waals surface area contributed by atoms with Gasteiger partial charge in [0.2, 0.25) is 5.91 Å². The topological polar surface area (TPSA) is 75.9 Å². The maximum atomic E-state index is 12.3. The first-order valence-corrected chi connectivity index (χ1v) is 7.69. The van der Waals surface area contributed by atoms with Crippen LogP contribution in [0.1, 0.15) is 47.5 Å². The summed E-state index contributed by atoms with van der Waals surface area (Å²) in [6.07, 6.45) is 1.45. The molecule has 0 aromatic carbocycles. The zero-order valence-electron chi connectivity index (χ0n) is 13.9. The Bertz CT molecular complexity index is 377. The summed E-state index contributed by atoms with van der Waals surface area (Å²) in [6, 6.07) is -0.498. The Hall–Kier alpha value is -1.30. The minimum Gasteiger partial charge on any atom is -0.444 e. The maximum absolute atomic E-state index is 12.3. The largest absolute Gasteiger partial charge is 0.444 e. The summed E-state index contributed by atoms with van der Waals surface area (Å²) in [5, 5.41) is 0. The molecule has 122 valence electrons. The second kappa shape index (κ2) is 7.11. The smallest absolute Gasteiger partial charge is 0.410 e. The molecule has 1 aliphatic rings. The van der Waals surface area contributed by atoms with Crippen LogP contribution in [0, 0.1) is 0 Å². The molecule has 0 bridgehead atoms. The maximum Gasteiger partial charge on any atom is 0.410 e. The van der Waals surface area contributed by atoms with Crippen LogP contribution in [0.4, 0.5) is 4.79 Å². The Kier molecular flexibility index (Phi) is 6.01. The van der Waals surface area contributed by atoms with Gasteiger partial charge in [-0.05, 0) is 47.5 Å². The molecular weight excluding hydrogens is 270 g/mol. The van der Waals surface area contributed by atoms with E-state index in [1.165, 1.54) is 0 Å². The Balaban J connectivity index is 2.72. The van der Waals surface area contributed by atoms with Crippen molar-refractivity contribution < 1.29 is 14.3 Å². The Morgan fingerprint density at radius 2 is 2.05 bits per heavy atom. The monoisotopic (exact) mass is 299 g/mol. The number of carbonyl (C=O) groups is 2. The number of hydrogen-bond acceptors (Lipinski definition) is 4. The normalized spacial score (nSPS) is 20.9. The number of amides is 2. The van der Waals surface area contributed by atoms with Crippen LogP contribution in [0.15, 0.2) is 0 Å². The number of hydrogen-bond donors (Lipinski definition) is 1. The summed E-state index contributed by atoms with van der Waals surface area (Å²) >= 11 is 0. The molecule has 0 aliphatic carbocycles. The summed E-state index contributed by atoms with van der Waals surface area (Å²) in [5.74, 6) is -0.0556. The number of piperidine rings is 1. The quantitative estimate of drug-likeness (QED) is 0.858. The number of carbonyl (C=O) groups excluding carboxylic acids is 2. The molecule has 0 unspecified atom stereocenters. The van der Waals surface area contributed by atoms with Crippen molar-refractivity contribution in [1.82, 2.24) is 9.80 Å². The van der Waals surface area contributed by atoms with Gasteiger partial charge in [0.25, 0.3) is 0 Å². The van der Waals surface area contributed by atoms with Crippen molar-refractivity contribution >= 4 is 12.0 Å². The second-order valence-electron chi connectivity index (χ2n) is 6.64. The van der Waals surface area contributed by atoms with Crippen molar-refractivity contribution in [3.8, 4) is 0 Å². The average Bonchev–Trinajstić information content (AvgIpc) is 2.36. The van der Waals surface area contributed by atoms with Gasteiger partial charge in [0, 0.05) is 19.6 Å². The molecule has 0 radical (unpaired) electrons. The van der Waals surface area contributed by atoms with Crippen LogP contribution >= 0.6 is 0 Å². The Morgan fingerprint density at radius 3 is 2.52 bits per heavy atom. The van der Waals surface area contributed by atoms with E-state index in [4.69, 9.17) is 10.5 Å². The van der Waals surface area contributed by atoms with Crippen LogP contribution in [-0.2, 0) is 9.53 Å². The third-order valence-corrected chi connectivity index (χ3v) is 3.51. The lowest BCUT2D eigenvalue weighted by atomic mass is 10.0. The molecule has 1 heterocycles. The molecule has 1 fully saturated rings. The van der Waals surface area contributed by atoms with Crippen LogP contribution in [-0.4, -0.2) is 59.1 Å². The van der Waals surface area contributed by atoms with Crippen LogP contribution in [0.2, 0.25) is 0 Å². The molecule has 1 saturated heterocycles. The van der Waals surface area contributed by atoms with Gasteiger partial charge in [-0.1, -0.05) is 0 Å². The fraction of sp³-hybridized carbons (Fsp3) is 0.867. The molecule has 0 aromatic heterocycles. The third-order valence-electron chi connectivity index (χ3n) is 3.51. The van der Waals surface area contributed by atoms with E-state index in [0.717, 1.165) is 12.8 Å². The molecule has 1 aliphatic heterocycles. The molecule has 2 N–H and O–H groups in total. The number of rotatable bonds is 3. The highest BCUT2D eigenvalue weighted by molar-refractivity contribution is 5.81. The number of likely N-dealkylation sites (tertiary alicyclic amines) is 1. The van der Waals surface area contributed by atoms with Gasteiger partial charge in [-0.15, -0.1) is 0 Å². The van der Waals surface area contributed by atoms with Gasteiger partial charge in [0.05, 0.1) is 12.1 Å². The summed E-state index contributed by atoms with van der Waals surface area (Å²) in [5.41, 5.74) is 5.15. The fourth-order valence-corrected chi connectivity index (χ4v) is 2.55. The van der Waals surface area contributed by atoms with Crippen molar-refractivity contribution in [2.45, 2.75) is 65.1 Å². The number of ether oxygens (including phenoxy) is 1. The lowest BCUT2D eigenvalue weighted by Gasteiger charge is -2.39. The SMILES string of the molecule is CCN(C(=O)OC(C)(C)C)[C@@H]1CCCN(C(=O)[C@H](C)N)C1. The highest BCUT2D eigenvalue weighted by Crippen LogP contribution is 2.19. The zero-order valence-corrected chi connectivity index (χ0v) is 13.9. The van der Waals surface area contributed by atoms with E-state index in [0.29, 0.717) is 19.6 Å². The van der Waals surface area contributed by atoms with Gasteiger partial charge in [-0.3, -0.25) is 4.79 Å². The van der Waals surface area contributed by atoms with E-state index in [-0.39, 0.29) is 18.0 Å². The van der Waals surface area contributed by atoms with Gasteiger partial charge in [-0.25, -0.2) is 4.79 Å².